The highest BCUT2D eigenvalue weighted by Gasteiger charge is 2.23. The van der Waals surface area contributed by atoms with Crippen LogP contribution in [0, 0.1) is 0 Å². The van der Waals surface area contributed by atoms with Gasteiger partial charge in [-0.1, -0.05) is 0 Å². The summed E-state index contributed by atoms with van der Waals surface area (Å²) in [6.45, 7) is 0. The van der Waals surface area contributed by atoms with Crippen LogP contribution in [0.4, 0.5) is 0 Å². The Bertz CT molecular complexity index is 1240. The molecule has 0 atom stereocenters. The van der Waals surface area contributed by atoms with Crippen LogP contribution in [0.2, 0.25) is 0 Å². The van der Waals surface area contributed by atoms with Gasteiger partial charge in [-0.25, -0.2) is 0 Å². The summed E-state index contributed by atoms with van der Waals surface area (Å²) in [6, 6.07) is 3.37. The lowest BCUT2D eigenvalue weighted by molar-refractivity contribution is 0.357. The van der Waals surface area contributed by atoms with Crippen molar-refractivity contribution in [3.8, 4) is 45.8 Å². The molecule has 0 spiro atoms. The zero-order chi connectivity index (χ0) is 20.1. The predicted molar refractivity (Wildman–Crippen MR) is 88.4 cm³/mol. The van der Waals surface area contributed by atoms with Crippen LogP contribution in [0.15, 0.2) is 33.5 Å². The van der Waals surface area contributed by atoms with Crippen molar-refractivity contribution in [2.24, 2.45) is 0 Å². The molecule has 11 nitrogen and oxygen atoms in total. The van der Waals surface area contributed by atoms with Gasteiger partial charge in [0.15, 0.2) is 17.3 Å². The van der Waals surface area contributed by atoms with Crippen LogP contribution in [0.3, 0.4) is 0 Å². The molecule has 27 heavy (non-hydrogen) atoms. The minimum atomic E-state index is -5.07. The van der Waals surface area contributed by atoms with E-state index in [-0.39, 0.29) is 11.1 Å². The smallest absolute Gasteiger partial charge is 0.446 e. The largest absolute Gasteiger partial charge is 0.508 e. The first-order valence-corrected chi connectivity index (χ1v) is 8.29. The molecule has 3 rings (SSSR count). The lowest BCUT2D eigenvalue weighted by atomic mass is 10.1. The van der Waals surface area contributed by atoms with Crippen molar-refractivity contribution in [1.82, 2.24) is 0 Å². The fourth-order valence-corrected chi connectivity index (χ4v) is 2.73. The quantitative estimate of drug-likeness (QED) is 0.274. The monoisotopic (exact) mass is 398 g/mol. The van der Waals surface area contributed by atoms with Gasteiger partial charge in [-0.15, -0.1) is 0 Å². The van der Waals surface area contributed by atoms with E-state index in [1.165, 1.54) is 0 Å². The van der Waals surface area contributed by atoms with Crippen LogP contribution in [0.25, 0.3) is 22.3 Å². The van der Waals surface area contributed by atoms with Crippen molar-refractivity contribution >= 4 is 21.4 Å². The molecule has 1 heterocycles. The Morgan fingerprint density at radius 2 is 1.56 bits per heavy atom. The van der Waals surface area contributed by atoms with Gasteiger partial charge in [-0.3, -0.25) is 9.35 Å². The number of hydrogen-bond acceptors (Lipinski definition) is 10. The van der Waals surface area contributed by atoms with Gasteiger partial charge in [0.05, 0.1) is 0 Å². The van der Waals surface area contributed by atoms with Crippen LogP contribution >= 0.6 is 0 Å². The molecule has 1 aromatic heterocycles. The van der Waals surface area contributed by atoms with Crippen LogP contribution in [0.1, 0.15) is 0 Å². The third-order valence-electron chi connectivity index (χ3n) is 3.45. The maximum Gasteiger partial charge on any atom is 0.446 e. The van der Waals surface area contributed by atoms with Crippen molar-refractivity contribution in [1.29, 1.82) is 0 Å². The van der Waals surface area contributed by atoms with E-state index in [2.05, 4.69) is 4.18 Å². The van der Waals surface area contributed by atoms with Crippen LogP contribution < -0.4 is 9.61 Å². The second kappa shape index (κ2) is 5.96. The number of phenols is 4. The minimum absolute atomic E-state index is 0.330. The van der Waals surface area contributed by atoms with E-state index in [1.54, 1.807) is 0 Å². The molecule has 12 heteroatoms. The van der Waals surface area contributed by atoms with Crippen LogP contribution in [0.5, 0.6) is 34.5 Å². The first-order valence-electron chi connectivity index (χ1n) is 6.93. The number of fused-ring (bicyclic) bond motifs is 1. The topological polar surface area (TPSA) is 195 Å². The summed E-state index contributed by atoms with van der Waals surface area (Å²) in [6.07, 6.45) is 0. The van der Waals surface area contributed by atoms with Crippen molar-refractivity contribution in [3.05, 3.63) is 34.5 Å². The molecular weight excluding hydrogens is 388 g/mol. The Labute approximate surface area is 149 Å². The van der Waals surface area contributed by atoms with E-state index in [9.17, 15) is 38.7 Å². The lowest BCUT2D eigenvalue weighted by Gasteiger charge is -2.11. The molecule has 6 N–H and O–H groups in total. The zero-order valence-electron chi connectivity index (χ0n) is 12.9. The first-order chi connectivity index (χ1) is 12.5. The molecule has 0 aliphatic heterocycles. The van der Waals surface area contributed by atoms with Crippen molar-refractivity contribution in [3.63, 3.8) is 0 Å². The highest BCUT2D eigenvalue weighted by atomic mass is 32.3. The molecule has 142 valence electrons. The summed E-state index contributed by atoms with van der Waals surface area (Å²) in [5.74, 6) is -5.64. The molecular formula is C15H10O11S. The Morgan fingerprint density at radius 3 is 2.19 bits per heavy atom. The molecule has 0 saturated heterocycles. The molecule has 0 bridgehead atoms. The Kier molecular flexibility index (Phi) is 4.01. The summed E-state index contributed by atoms with van der Waals surface area (Å²) >= 11 is 0. The normalized spacial score (nSPS) is 11.6. The first kappa shape index (κ1) is 18.2. The third kappa shape index (κ3) is 3.26. The van der Waals surface area contributed by atoms with E-state index in [0.29, 0.717) is 0 Å². The highest BCUT2D eigenvalue weighted by Crippen LogP contribution is 2.43. The van der Waals surface area contributed by atoms with Crippen molar-refractivity contribution in [2.45, 2.75) is 0 Å². The maximum atomic E-state index is 12.3. The predicted octanol–water partition coefficient (Wildman–Crippen LogP) is 1.17. The molecule has 0 radical (unpaired) electrons. The molecule has 2 aromatic carbocycles. The Balaban J connectivity index is 2.33. The number of rotatable bonds is 3. The number of aromatic hydroxyl groups is 5. The number of benzene rings is 2. The molecule has 3 aromatic rings. The van der Waals surface area contributed by atoms with Gasteiger partial charge in [0.25, 0.3) is 0 Å². The van der Waals surface area contributed by atoms with E-state index in [4.69, 9.17) is 8.97 Å². The number of hydrogen-bond donors (Lipinski definition) is 6. The van der Waals surface area contributed by atoms with Gasteiger partial charge in [0, 0.05) is 17.7 Å². The molecule has 0 fully saturated rings. The van der Waals surface area contributed by atoms with Gasteiger partial charge in [-0.05, 0) is 12.1 Å². The minimum Gasteiger partial charge on any atom is -0.508 e. The Morgan fingerprint density at radius 1 is 0.889 bits per heavy atom. The average molecular weight is 398 g/mol. The summed E-state index contributed by atoms with van der Waals surface area (Å²) in [7, 11) is -5.07. The van der Waals surface area contributed by atoms with Gasteiger partial charge in [0.1, 0.15) is 22.5 Å². The molecule has 0 amide bonds. The van der Waals surface area contributed by atoms with Crippen LogP contribution in [-0.4, -0.2) is 38.5 Å². The zero-order valence-corrected chi connectivity index (χ0v) is 13.8. The van der Waals surface area contributed by atoms with Crippen molar-refractivity contribution in [2.75, 3.05) is 0 Å². The number of phenolic OH excluding ortho intramolecular Hbond substituents is 4. The van der Waals surface area contributed by atoms with Gasteiger partial charge >= 0.3 is 10.4 Å². The second-order valence-corrected chi connectivity index (χ2v) is 6.32. The molecule has 0 unspecified atom stereocenters. The molecule has 0 saturated carbocycles. The average Bonchev–Trinajstić information content (AvgIpc) is 2.53. The second-order valence-electron chi connectivity index (χ2n) is 5.30. The third-order valence-corrected chi connectivity index (χ3v) is 3.84. The fourth-order valence-electron chi connectivity index (χ4n) is 2.37. The fraction of sp³-hybridized carbons (Fsp3) is 0. The van der Waals surface area contributed by atoms with Gasteiger partial charge < -0.3 is 34.1 Å². The maximum absolute atomic E-state index is 12.3. The van der Waals surface area contributed by atoms with Crippen molar-refractivity contribution < 1.29 is 47.1 Å². The van der Waals surface area contributed by atoms with E-state index in [0.717, 1.165) is 24.3 Å². The lowest BCUT2D eigenvalue weighted by Crippen LogP contribution is -2.07. The summed E-state index contributed by atoms with van der Waals surface area (Å²) < 4.78 is 39.8. The summed E-state index contributed by atoms with van der Waals surface area (Å²) in [5.41, 5.74) is -1.76. The van der Waals surface area contributed by atoms with E-state index < -0.39 is 61.5 Å². The van der Waals surface area contributed by atoms with E-state index in [1.807, 2.05) is 0 Å². The molecule has 0 aliphatic rings. The standard InChI is InChI=1S/C15H10O11S/c16-6-3-7(17)11-9(4-6)25-15(14(21)13(11)20)5-1-8(18)12(19)10(2-5)26-27(22,23)24/h1-4,16-19,21H,(H,22,23,24). The van der Waals surface area contributed by atoms with E-state index >= 15 is 0 Å². The van der Waals surface area contributed by atoms with Gasteiger partial charge in [0.2, 0.25) is 16.9 Å². The van der Waals surface area contributed by atoms with Crippen LogP contribution in [-0.2, 0) is 10.4 Å². The van der Waals surface area contributed by atoms with Gasteiger partial charge in [-0.2, -0.15) is 8.42 Å². The summed E-state index contributed by atoms with van der Waals surface area (Å²) in [4.78, 5) is 12.3. The Hall–Kier alpha value is -3.64. The SMILES string of the molecule is O=c1c(O)c(-c2cc(O)c(O)c(OS(=O)(=O)O)c2)oc2cc(O)cc(O)c12. The highest BCUT2D eigenvalue weighted by molar-refractivity contribution is 7.81. The molecule has 0 aliphatic carbocycles. The summed E-state index contributed by atoms with van der Waals surface area (Å²) in [5, 5.41) is 48.3.